The Labute approximate surface area is 97.7 Å². The Morgan fingerprint density at radius 3 is 2.31 bits per heavy atom. The van der Waals surface area contributed by atoms with E-state index in [1.54, 1.807) is 0 Å². The van der Waals surface area contributed by atoms with Gasteiger partial charge in [0.1, 0.15) is 6.10 Å². The molecule has 90 valence electrons. The third kappa shape index (κ3) is 1.22. The van der Waals surface area contributed by atoms with E-state index in [0.29, 0.717) is 5.41 Å². The Hall–Kier alpha value is -0.530. The molecule has 3 aliphatic carbocycles. The Morgan fingerprint density at radius 2 is 1.88 bits per heavy atom. The van der Waals surface area contributed by atoms with Crippen molar-refractivity contribution in [1.82, 2.24) is 0 Å². The van der Waals surface area contributed by atoms with Gasteiger partial charge in [0.15, 0.2) is 0 Å². The van der Waals surface area contributed by atoms with E-state index in [1.165, 1.54) is 12.8 Å². The lowest BCUT2D eigenvalue weighted by Gasteiger charge is -2.38. The van der Waals surface area contributed by atoms with Crippen molar-refractivity contribution in [3.05, 3.63) is 0 Å². The summed E-state index contributed by atoms with van der Waals surface area (Å²) in [5.41, 5.74) is 0.573. The fourth-order valence-corrected chi connectivity index (χ4v) is 3.86. The first-order valence-electron chi connectivity index (χ1n) is 6.65. The molecule has 2 bridgehead atoms. The van der Waals surface area contributed by atoms with Crippen molar-refractivity contribution < 1.29 is 9.53 Å². The number of hydrogen-bond donors (Lipinski definition) is 0. The van der Waals surface area contributed by atoms with Gasteiger partial charge in [0.25, 0.3) is 0 Å². The summed E-state index contributed by atoms with van der Waals surface area (Å²) in [7, 11) is 0. The van der Waals surface area contributed by atoms with Gasteiger partial charge in [0, 0.05) is 5.41 Å². The summed E-state index contributed by atoms with van der Waals surface area (Å²) in [6.45, 7) is 7.04. The van der Waals surface area contributed by atoms with Crippen LogP contribution in [0.25, 0.3) is 0 Å². The van der Waals surface area contributed by atoms with Crippen LogP contribution in [0.4, 0.5) is 0 Å². The maximum atomic E-state index is 11.8. The second kappa shape index (κ2) is 3.02. The predicted octanol–water partition coefficient (Wildman–Crippen LogP) is 3.15. The third-order valence-electron chi connectivity index (χ3n) is 5.88. The molecule has 0 heterocycles. The average Bonchev–Trinajstić information content (AvgIpc) is 2.98. The first-order chi connectivity index (χ1) is 7.45. The zero-order valence-electron chi connectivity index (χ0n) is 10.6. The number of carbonyl (C=O) groups excluding carboxylic acids is 1. The molecule has 0 aliphatic heterocycles. The van der Waals surface area contributed by atoms with Crippen molar-refractivity contribution in [1.29, 1.82) is 0 Å². The minimum absolute atomic E-state index is 0.0783. The normalized spacial score (nSPS) is 44.7. The van der Waals surface area contributed by atoms with E-state index in [2.05, 4.69) is 20.8 Å². The number of ether oxygens (including phenoxy) is 1. The van der Waals surface area contributed by atoms with Crippen LogP contribution in [-0.2, 0) is 9.53 Å². The lowest BCUT2D eigenvalue weighted by molar-refractivity contribution is -0.158. The molecule has 3 fully saturated rings. The van der Waals surface area contributed by atoms with E-state index >= 15 is 0 Å². The van der Waals surface area contributed by atoms with Gasteiger partial charge < -0.3 is 4.74 Å². The van der Waals surface area contributed by atoms with Crippen LogP contribution in [0.3, 0.4) is 0 Å². The van der Waals surface area contributed by atoms with E-state index in [-0.39, 0.29) is 23.4 Å². The zero-order valence-corrected chi connectivity index (χ0v) is 10.6. The van der Waals surface area contributed by atoms with Crippen molar-refractivity contribution in [2.24, 2.45) is 22.7 Å². The van der Waals surface area contributed by atoms with E-state index in [0.717, 1.165) is 25.2 Å². The van der Waals surface area contributed by atoms with Crippen molar-refractivity contribution >= 4 is 5.97 Å². The molecular formula is C14H22O2. The predicted molar refractivity (Wildman–Crippen MR) is 61.8 cm³/mol. The SMILES string of the molecule is CC1(C)C2CCC1(C)C(OC(=O)C1CC1)C2. The highest BCUT2D eigenvalue weighted by molar-refractivity contribution is 5.75. The smallest absolute Gasteiger partial charge is 0.309 e. The van der Waals surface area contributed by atoms with Crippen LogP contribution in [0.1, 0.15) is 52.9 Å². The number of hydrogen-bond acceptors (Lipinski definition) is 2. The molecule has 0 aromatic rings. The maximum Gasteiger partial charge on any atom is 0.309 e. The molecule has 0 spiro atoms. The summed E-state index contributed by atoms with van der Waals surface area (Å²) in [5.74, 6) is 1.08. The molecule has 16 heavy (non-hydrogen) atoms. The highest BCUT2D eigenvalue weighted by atomic mass is 16.5. The summed E-state index contributed by atoms with van der Waals surface area (Å²) in [5, 5.41) is 0. The van der Waals surface area contributed by atoms with Gasteiger partial charge in [-0.3, -0.25) is 4.79 Å². The molecule has 3 saturated carbocycles. The first-order valence-corrected chi connectivity index (χ1v) is 6.65. The largest absolute Gasteiger partial charge is 0.462 e. The van der Waals surface area contributed by atoms with E-state index in [1.807, 2.05) is 0 Å². The first kappa shape index (κ1) is 10.6. The minimum Gasteiger partial charge on any atom is -0.462 e. The quantitative estimate of drug-likeness (QED) is 0.671. The molecule has 3 unspecified atom stereocenters. The molecule has 2 heteroatoms. The summed E-state index contributed by atoms with van der Waals surface area (Å²) >= 11 is 0. The average molecular weight is 222 g/mol. The Kier molecular flexibility index (Phi) is 2.01. The zero-order chi connectivity index (χ0) is 11.6. The maximum absolute atomic E-state index is 11.8. The molecule has 0 aromatic heterocycles. The summed E-state index contributed by atoms with van der Waals surface area (Å²) in [6, 6.07) is 0. The minimum atomic E-state index is 0.0783. The van der Waals surface area contributed by atoms with E-state index in [9.17, 15) is 4.79 Å². The topological polar surface area (TPSA) is 26.3 Å². The summed E-state index contributed by atoms with van der Waals surface area (Å²) in [6.07, 6.45) is 5.94. The third-order valence-corrected chi connectivity index (χ3v) is 5.88. The van der Waals surface area contributed by atoms with Crippen molar-refractivity contribution in [2.75, 3.05) is 0 Å². The lowest BCUT2D eigenvalue weighted by Crippen LogP contribution is -2.38. The van der Waals surface area contributed by atoms with Gasteiger partial charge in [-0.2, -0.15) is 0 Å². The van der Waals surface area contributed by atoms with Gasteiger partial charge in [-0.05, 0) is 43.4 Å². The molecule has 3 atom stereocenters. The molecular weight excluding hydrogens is 200 g/mol. The molecule has 0 saturated heterocycles. The van der Waals surface area contributed by atoms with E-state index < -0.39 is 0 Å². The summed E-state index contributed by atoms with van der Waals surface area (Å²) in [4.78, 5) is 11.8. The fraction of sp³-hybridized carbons (Fsp3) is 0.929. The number of rotatable bonds is 2. The number of esters is 1. The molecule has 0 N–H and O–H groups in total. The fourth-order valence-electron chi connectivity index (χ4n) is 3.86. The molecule has 0 amide bonds. The van der Waals surface area contributed by atoms with Gasteiger partial charge >= 0.3 is 5.97 Å². The molecule has 0 aromatic carbocycles. The summed E-state index contributed by atoms with van der Waals surface area (Å²) < 4.78 is 5.77. The van der Waals surface area contributed by atoms with Crippen LogP contribution in [-0.4, -0.2) is 12.1 Å². The van der Waals surface area contributed by atoms with Crippen LogP contribution in [0.5, 0.6) is 0 Å². The highest BCUT2D eigenvalue weighted by Gasteiger charge is 2.63. The standard InChI is InChI=1S/C14H22O2/c1-13(2)10-6-7-14(13,3)11(8-10)16-12(15)9-4-5-9/h9-11H,4-8H2,1-3H3. The van der Waals surface area contributed by atoms with Crippen LogP contribution >= 0.6 is 0 Å². The Balaban J connectivity index is 1.76. The van der Waals surface area contributed by atoms with Gasteiger partial charge in [0.05, 0.1) is 5.92 Å². The monoisotopic (exact) mass is 222 g/mol. The molecule has 3 rings (SSSR count). The molecule has 3 aliphatic rings. The highest BCUT2D eigenvalue weighted by Crippen LogP contribution is 2.66. The van der Waals surface area contributed by atoms with Crippen molar-refractivity contribution in [3.8, 4) is 0 Å². The van der Waals surface area contributed by atoms with Crippen LogP contribution < -0.4 is 0 Å². The van der Waals surface area contributed by atoms with Crippen LogP contribution in [0.2, 0.25) is 0 Å². The Bertz CT molecular complexity index is 330. The van der Waals surface area contributed by atoms with Crippen LogP contribution in [0.15, 0.2) is 0 Å². The second-order valence-electron chi connectivity index (χ2n) is 6.81. The Morgan fingerprint density at radius 1 is 1.19 bits per heavy atom. The molecule has 2 nitrogen and oxygen atoms in total. The van der Waals surface area contributed by atoms with Crippen molar-refractivity contribution in [3.63, 3.8) is 0 Å². The molecule has 0 radical (unpaired) electrons. The van der Waals surface area contributed by atoms with Gasteiger partial charge in [0.2, 0.25) is 0 Å². The van der Waals surface area contributed by atoms with Gasteiger partial charge in [-0.25, -0.2) is 0 Å². The van der Waals surface area contributed by atoms with E-state index in [4.69, 9.17) is 4.74 Å². The number of fused-ring (bicyclic) bond motifs is 2. The second-order valence-corrected chi connectivity index (χ2v) is 6.81. The van der Waals surface area contributed by atoms with Crippen molar-refractivity contribution in [2.45, 2.75) is 59.0 Å². The lowest BCUT2D eigenvalue weighted by atomic mass is 9.70. The van der Waals surface area contributed by atoms with Gasteiger partial charge in [-0.15, -0.1) is 0 Å². The van der Waals surface area contributed by atoms with Crippen LogP contribution in [0, 0.1) is 22.7 Å². The van der Waals surface area contributed by atoms with Gasteiger partial charge in [-0.1, -0.05) is 20.8 Å². The number of carbonyl (C=O) groups is 1.